The van der Waals surface area contributed by atoms with Crippen LogP contribution < -0.4 is 5.32 Å². The maximum Gasteiger partial charge on any atom is 0.311 e. The Morgan fingerprint density at radius 3 is 2.59 bits per heavy atom. The molecular formula is C17H13ClF2N2O5. The molecule has 0 saturated carbocycles. The van der Waals surface area contributed by atoms with Gasteiger partial charge in [0.25, 0.3) is 5.91 Å². The largest absolute Gasteiger partial charge is 0.452 e. The minimum Gasteiger partial charge on any atom is -0.452 e. The number of rotatable bonds is 6. The third kappa shape index (κ3) is 5.20. The highest BCUT2D eigenvalue weighted by Gasteiger charge is 2.21. The average molecular weight is 399 g/mol. The second-order valence-corrected chi connectivity index (χ2v) is 5.83. The van der Waals surface area contributed by atoms with Crippen molar-refractivity contribution in [2.75, 3.05) is 5.32 Å². The molecule has 1 N–H and O–H groups in total. The molecule has 1 amide bonds. The van der Waals surface area contributed by atoms with E-state index in [0.29, 0.717) is 0 Å². The van der Waals surface area contributed by atoms with Crippen molar-refractivity contribution in [2.24, 2.45) is 0 Å². The molecule has 0 radical (unpaired) electrons. The van der Waals surface area contributed by atoms with E-state index in [4.69, 9.17) is 16.3 Å². The molecule has 0 spiro atoms. The van der Waals surface area contributed by atoms with Crippen molar-refractivity contribution in [1.29, 1.82) is 0 Å². The Bertz CT molecular complexity index is 887. The lowest BCUT2D eigenvalue weighted by atomic mass is 10.1. The van der Waals surface area contributed by atoms with Crippen LogP contribution in [-0.4, -0.2) is 22.9 Å². The maximum atomic E-state index is 13.7. The Hall–Kier alpha value is -3.07. The highest BCUT2D eigenvalue weighted by molar-refractivity contribution is 6.31. The molecule has 2 aromatic carbocycles. The van der Waals surface area contributed by atoms with Gasteiger partial charge in [0.05, 0.1) is 11.3 Å². The van der Waals surface area contributed by atoms with Gasteiger partial charge < -0.3 is 10.1 Å². The van der Waals surface area contributed by atoms with Crippen LogP contribution in [0.4, 0.5) is 20.2 Å². The number of hydrogen-bond donors (Lipinski definition) is 1. The monoisotopic (exact) mass is 398 g/mol. The van der Waals surface area contributed by atoms with E-state index in [9.17, 15) is 28.5 Å². The quantitative estimate of drug-likeness (QED) is 0.455. The van der Waals surface area contributed by atoms with Crippen LogP contribution in [0.5, 0.6) is 0 Å². The molecule has 0 heterocycles. The predicted molar refractivity (Wildman–Crippen MR) is 92.4 cm³/mol. The zero-order chi connectivity index (χ0) is 20.1. The van der Waals surface area contributed by atoms with Crippen LogP contribution in [0.3, 0.4) is 0 Å². The first-order chi connectivity index (χ1) is 12.7. The minimum atomic E-state index is -1.29. The lowest BCUT2D eigenvalue weighted by molar-refractivity contribution is -0.387. The Morgan fingerprint density at radius 1 is 1.26 bits per heavy atom. The van der Waals surface area contributed by atoms with E-state index in [0.717, 1.165) is 24.3 Å². The van der Waals surface area contributed by atoms with E-state index in [1.54, 1.807) is 0 Å². The number of esters is 1. The van der Waals surface area contributed by atoms with E-state index in [-0.39, 0.29) is 16.3 Å². The first kappa shape index (κ1) is 20.2. The molecule has 0 aliphatic heterocycles. The van der Waals surface area contributed by atoms with Crippen molar-refractivity contribution in [3.05, 3.63) is 68.7 Å². The van der Waals surface area contributed by atoms with Gasteiger partial charge in [0.15, 0.2) is 6.10 Å². The van der Waals surface area contributed by atoms with E-state index < -0.39 is 46.6 Å². The van der Waals surface area contributed by atoms with Gasteiger partial charge in [0.1, 0.15) is 5.82 Å². The Kier molecular flexibility index (Phi) is 6.40. The fraction of sp³-hybridized carbons (Fsp3) is 0.176. The summed E-state index contributed by atoms with van der Waals surface area (Å²) in [6, 6.07) is 6.70. The number of hydrogen-bond acceptors (Lipinski definition) is 5. The number of ether oxygens (including phenoxy) is 1. The van der Waals surface area contributed by atoms with Gasteiger partial charge in [0.2, 0.25) is 5.82 Å². The number of nitro benzene ring substituents is 1. The van der Waals surface area contributed by atoms with Gasteiger partial charge in [-0.05, 0) is 31.2 Å². The number of nitrogens with one attached hydrogen (secondary N) is 1. The fourth-order valence-electron chi connectivity index (χ4n) is 2.11. The summed E-state index contributed by atoms with van der Waals surface area (Å²) >= 11 is 5.82. The van der Waals surface area contributed by atoms with Gasteiger partial charge >= 0.3 is 11.7 Å². The Morgan fingerprint density at radius 2 is 1.96 bits per heavy atom. The molecule has 2 rings (SSSR count). The molecule has 7 nitrogen and oxygen atoms in total. The predicted octanol–water partition coefficient (Wildman–Crippen LogP) is 3.64. The summed E-state index contributed by atoms with van der Waals surface area (Å²) in [6.45, 7) is 1.26. The molecule has 0 aliphatic carbocycles. The number of anilines is 1. The molecule has 0 saturated heterocycles. The van der Waals surface area contributed by atoms with Crippen molar-refractivity contribution in [3.63, 3.8) is 0 Å². The standard InChI is InChI=1S/C17H13ClF2N2O5/c1-9(27-16(23)8-11-12(18)3-2-4-13(11)19)17(24)21-10-5-6-14(20)15(7-10)22(25)26/h2-7,9H,8H2,1H3,(H,21,24). The molecule has 10 heteroatoms. The second kappa shape index (κ2) is 8.54. The second-order valence-electron chi connectivity index (χ2n) is 5.42. The first-order valence-electron chi connectivity index (χ1n) is 7.56. The van der Waals surface area contributed by atoms with E-state index in [1.165, 1.54) is 19.1 Å². The van der Waals surface area contributed by atoms with E-state index in [1.807, 2.05) is 0 Å². The van der Waals surface area contributed by atoms with Gasteiger partial charge in [-0.15, -0.1) is 0 Å². The van der Waals surface area contributed by atoms with Crippen molar-refractivity contribution >= 4 is 34.9 Å². The molecular weight excluding hydrogens is 386 g/mol. The molecule has 1 atom stereocenters. The highest BCUT2D eigenvalue weighted by Crippen LogP contribution is 2.22. The summed E-state index contributed by atoms with van der Waals surface area (Å²) in [6.07, 6.45) is -1.77. The van der Waals surface area contributed by atoms with Gasteiger partial charge in [0, 0.05) is 22.3 Å². The number of amides is 1. The summed E-state index contributed by atoms with van der Waals surface area (Å²) in [5.74, 6) is -3.44. The van der Waals surface area contributed by atoms with Gasteiger partial charge in [-0.3, -0.25) is 19.7 Å². The number of halogens is 3. The molecule has 0 aliphatic rings. The molecule has 0 fully saturated rings. The van der Waals surface area contributed by atoms with Crippen molar-refractivity contribution in [3.8, 4) is 0 Å². The smallest absolute Gasteiger partial charge is 0.311 e. The van der Waals surface area contributed by atoms with Crippen LogP contribution in [0.25, 0.3) is 0 Å². The maximum absolute atomic E-state index is 13.7. The number of nitrogens with zero attached hydrogens (tertiary/aromatic N) is 1. The average Bonchev–Trinajstić information content (AvgIpc) is 2.59. The van der Waals surface area contributed by atoms with Crippen molar-refractivity contribution < 1.29 is 28.0 Å². The minimum absolute atomic E-state index is 0.0441. The number of benzene rings is 2. The Balaban J connectivity index is 2.00. The summed E-state index contributed by atoms with van der Waals surface area (Å²) in [5.41, 5.74) is -0.925. The topological polar surface area (TPSA) is 98.5 Å². The zero-order valence-electron chi connectivity index (χ0n) is 13.9. The Labute approximate surface area is 157 Å². The van der Waals surface area contributed by atoms with Gasteiger partial charge in [-0.2, -0.15) is 4.39 Å². The fourth-order valence-corrected chi connectivity index (χ4v) is 2.34. The van der Waals surface area contributed by atoms with Gasteiger partial charge in [-0.25, -0.2) is 4.39 Å². The lowest BCUT2D eigenvalue weighted by Gasteiger charge is -2.14. The summed E-state index contributed by atoms with van der Waals surface area (Å²) in [5, 5.41) is 13.0. The van der Waals surface area contributed by atoms with Crippen LogP contribution in [0, 0.1) is 21.7 Å². The van der Waals surface area contributed by atoms with Crippen molar-refractivity contribution in [2.45, 2.75) is 19.4 Å². The van der Waals surface area contributed by atoms with E-state index >= 15 is 0 Å². The third-order valence-electron chi connectivity index (χ3n) is 3.47. The normalized spacial score (nSPS) is 11.6. The lowest BCUT2D eigenvalue weighted by Crippen LogP contribution is -2.30. The van der Waals surface area contributed by atoms with Crippen LogP contribution in [0.1, 0.15) is 12.5 Å². The molecule has 27 heavy (non-hydrogen) atoms. The first-order valence-corrected chi connectivity index (χ1v) is 7.94. The molecule has 0 bridgehead atoms. The number of carbonyl (C=O) groups excluding carboxylic acids is 2. The molecule has 1 unspecified atom stereocenters. The molecule has 2 aromatic rings. The molecule has 0 aromatic heterocycles. The van der Waals surface area contributed by atoms with E-state index in [2.05, 4.69) is 5.32 Å². The van der Waals surface area contributed by atoms with Crippen LogP contribution in [-0.2, 0) is 20.7 Å². The number of nitro groups is 1. The summed E-state index contributed by atoms with van der Waals surface area (Å²) < 4.78 is 31.9. The van der Waals surface area contributed by atoms with Crippen LogP contribution >= 0.6 is 11.6 Å². The SMILES string of the molecule is CC(OC(=O)Cc1c(F)cccc1Cl)C(=O)Nc1ccc(F)c([N+](=O)[O-])c1. The summed E-state index contributed by atoms with van der Waals surface area (Å²) in [7, 11) is 0. The van der Waals surface area contributed by atoms with Crippen LogP contribution in [0.15, 0.2) is 36.4 Å². The number of carbonyl (C=O) groups is 2. The third-order valence-corrected chi connectivity index (χ3v) is 3.82. The van der Waals surface area contributed by atoms with Crippen molar-refractivity contribution in [1.82, 2.24) is 0 Å². The zero-order valence-corrected chi connectivity index (χ0v) is 14.6. The van der Waals surface area contributed by atoms with Gasteiger partial charge in [-0.1, -0.05) is 17.7 Å². The highest BCUT2D eigenvalue weighted by atomic mass is 35.5. The molecule has 142 valence electrons. The van der Waals surface area contributed by atoms with Crippen LogP contribution in [0.2, 0.25) is 5.02 Å². The summed E-state index contributed by atoms with van der Waals surface area (Å²) in [4.78, 5) is 33.7.